The predicted octanol–water partition coefficient (Wildman–Crippen LogP) is 4.31. The van der Waals surface area contributed by atoms with Crippen LogP contribution < -0.4 is 20.7 Å². The molecule has 1 aliphatic heterocycles. The first-order valence-corrected chi connectivity index (χ1v) is 13.6. The number of ether oxygens (including phenoxy) is 1. The number of anilines is 2. The highest BCUT2D eigenvalue weighted by Crippen LogP contribution is 2.33. The van der Waals surface area contributed by atoms with Gasteiger partial charge in [-0.2, -0.15) is 5.10 Å². The highest BCUT2D eigenvalue weighted by Gasteiger charge is 2.25. The summed E-state index contributed by atoms with van der Waals surface area (Å²) in [5, 5.41) is 8.03. The summed E-state index contributed by atoms with van der Waals surface area (Å²) >= 11 is 0. The molecule has 0 aliphatic carbocycles. The molecule has 218 valence electrons. The van der Waals surface area contributed by atoms with Crippen LogP contribution in [0.4, 0.5) is 20.3 Å². The van der Waals surface area contributed by atoms with E-state index in [0.717, 1.165) is 17.9 Å². The average Bonchev–Trinajstić information content (AvgIpc) is 3.66. The number of hydrogen-bond acceptors (Lipinski definition) is 8. The van der Waals surface area contributed by atoms with Gasteiger partial charge in [0.15, 0.2) is 5.65 Å². The van der Waals surface area contributed by atoms with Gasteiger partial charge in [0.25, 0.3) is 5.91 Å². The number of carbonyl (C=O) groups is 2. The van der Waals surface area contributed by atoms with E-state index in [0.29, 0.717) is 53.2 Å². The van der Waals surface area contributed by atoms with Crippen molar-refractivity contribution in [2.75, 3.05) is 30.8 Å². The molecule has 0 radical (unpaired) electrons. The van der Waals surface area contributed by atoms with Crippen LogP contribution in [-0.4, -0.2) is 52.1 Å². The topological polar surface area (TPSA) is 128 Å². The van der Waals surface area contributed by atoms with Gasteiger partial charge in [0.05, 0.1) is 29.4 Å². The minimum absolute atomic E-state index is 0.0988. The Balaban J connectivity index is 1.26. The SMILES string of the molecule is COc1ccc(F)cc1C(=O)NCc1ccc(-c2nn(-c3ccc(N4CC[C@H](C=O)C4)c(F)c3)c3ncnc(N)c23)cc1. The van der Waals surface area contributed by atoms with Crippen molar-refractivity contribution in [3.8, 4) is 22.7 Å². The molecule has 5 aromatic rings. The highest BCUT2D eigenvalue weighted by molar-refractivity contribution is 5.99. The number of methoxy groups -OCH3 is 1. The van der Waals surface area contributed by atoms with Crippen LogP contribution in [0.3, 0.4) is 0 Å². The number of halogens is 2. The fourth-order valence-electron chi connectivity index (χ4n) is 5.27. The monoisotopic (exact) mass is 583 g/mol. The van der Waals surface area contributed by atoms with E-state index in [1.165, 1.54) is 36.3 Å². The van der Waals surface area contributed by atoms with Crippen LogP contribution in [0.5, 0.6) is 5.75 Å². The van der Waals surface area contributed by atoms with Crippen LogP contribution in [0.25, 0.3) is 28.0 Å². The Labute approximate surface area is 245 Å². The maximum absolute atomic E-state index is 15.3. The zero-order valence-electron chi connectivity index (χ0n) is 23.1. The number of nitrogens with zero attached hydrogens (tertiary/aromatic N) is 5. The largest absolute Gasteiger partial charge is 0.496 e. The lowest BCUT2D eigenvalue weighted by molar-refractivity contribution is -0.110. The molecule has 0 unspecified atom stereocenters. The van der Waals surface area contributed by atoms with Crippen LogP contribution in [0.15, 0.2) is 67.0 Å². The Bertz CT molecular complexity index is 1840. The van der Waals surface area contributed by atoms with Crippen LogP contribution >= 0.6 is 0 Å². The molecule has 1 fully saturated rings. The van der Waals surface area contributed by atoms with Gasteiger partial charge in [0, 0.05) is 37.2 Å². The summed E-state index contributed by atoms with van der Waals surface area (Å²) in [5.74, 6) is -1.05. The zero-order chi connectivity index (χ0) is 30.1. The van der Waals surface area contributed by atoms with Gasteiger partial charge in [-0.1, -0.05) is 24.3 Å². The van der Waals surface area contributed by atoms with E-state index in [2.05, 4.69) is 15.3 Å². The van der Waals surface area contributed by atoms with Crippen molar-refractivity contribution in [3.05, 3.63) is 89.8 Å². The second-order valence-electron chi connectivity index (χ2n) is 10.2. The molecule has 3 N–H and O–H groups in total. The quantitative estimate of drug-likeness (QED) is 0.259. The molecule has 2 aromatic heterocycles. The lowest BCUT2D eigenvalue weighted by Gasteiger charge is -2.19. The summed E-state index contributed by atoms with van der Waals surface area (Å²) < 4.78 is 35.7. The number of nitrogens with one attached hydrogen (secondary N) is 1. The van der Waals surface area contributed by atoms with Crippen molar-refractivity contribution in [3.63, 3.8) is 0 Å². The van der Waals surface area contributed by atoms with Gasteiger partial charge in [-0.05, 0) is 42.3 Å². The summed E-state index contributed by atoms with van der Waals surface area (Å²) in [7, 11) is 1.41. The van der Waals surface area contributed by atoms with Crippen molar-refractivity contribution in [2.24, 2.45) is 5.92 Å². The van der Waals surface area contributed by atoms with Crippen LogP contribution in [-0.2, 0) is 11.3 Å². The standard InChI is InChI=1S/C31H27F2N7O3/c1-43-26-9-6-21(32)12-23(26)31(42)35-14-18-2-4-20(5-3-18)28-27-29(34)36-17-37-30(27)40(38-28)22-7-8-25(24(33)13-22)39-11-10-19(15-39)16-41/h2-9,12-13,16-17,19H,10-11,14-15H2,1H3,(H,35,42)(H2,34,36,37)/t19-/m0/s1. The molecule has 1 amide bonds. The molecular formula is C31H27F2N7O3. The number of aldehydes is 1. The summed E-state index contributed by atoms with van der Waals surface area (Å²) in [6, 6.07) is 15.9. The van der Waals surface area contributed by atoms with E-state index < -0.39 is 17.5 Å². The Morgan fingerprint density at radius 2 is 1.93 bits per heavy atom. The molecular weight excluding hydrogens is 556 g/mol. The molecule has 43 heavy (non-hydrogen) atoms. The molecule has 10 nitrogen and oxygen atoms in total. The average molecular weight is 584 g/mol. The highest BCUT2D eigenvalue weighted by atomic mass is 19.1. The van der Waals surface area contributed by atoms with Crippen LogP contribution in [0, 0.1) is 17.6 Å². The van der Waals surface area contributed by atoms with E-state index >= 15 is 4.39 Å². The molecule has 0 saturated carbocycles. The number of benzene rings is 3. The van der Waals surface area contributed by atoms with Crippen molar-refractivity contribution < 1.29 is 23.1 Å². The maximum atomic E-state index is 15.3. The summed E-state index contributed by atoms with van der Waals surface area (Å²) in [5.41, 5.74) is 9.65. The minimum Gasteiger partial charge on any atom is -0.496 e. The van der Waals surface area contributed by atoms with Crippen LogP contribution in [0.2, 0.25) is 0 Å². The number of hydrogen-bond donors (Lipinski definition) is 2. The van der Waals surface area contributed by atoms with E-state index in [4.69, 9.17) is 15.6 Å². The van der Waals surface area contributed by atoms with Gasteiger partial charge in [0.1, 0.15) is 41.5 Å². The van der Waals surface area contributed by atoms with E-state index in [1.54, 1.807) is 12.1 Å². The number of carbonyl (C=O) groups excluding carboxylic acids is 2. The molecule has 0 bridgehead atoms. The number of fused-ring (bicyclic) bond motifs is 1. The zero-order valence-corrected chi connectivity index (χ0v) is 23.1. The van der Waals surface area contributed by atoms with E-state index in [9.17, 15) is 14.0 Å². The summed E-state index contributed by atoms with van der Waals surface area (Å²) in [4.78, 5) is 34.2. The Morgan fingerprint density at radius 3 is 2.65 bits per heavy atom. The molecule has 6 rings (SSSR count). The first kappa shape index (κ1) is 27.8. The Hall–Kier alpha value is -5.39. The smallest absolute Gasteiger partial charge is 0.255 e. The van der Waals surface area contributed by atoms with Gasteiger partial charge < -0.3 is 25.5 Å². The predicted molar refractivity (Wildman–Crippen MR) is 157 cm³/mol. The first-order valence-electron chi connectivity index (χ1n) is 13.6. The molecule has 1 aliphatic rings. The normalized spacial score (nSPS) is 14.7. The lowest BCUT2D eigenvalue weighted by atomic mass is 10.1. The molecule has 0 spiro atoms. The van der Waals surface area contributed by atoms with Crippen molar-refractivity contribution >= 4 is 34.7 Å². The van der Waals surface area contributed by atoms with Gasteiger partial charge in [-0.15, -0.1) is 0 Å². The fraction of sp³-hybridized carbons (Fsp3) is 0.194. The van der Waals surface area contributed by atoms with Crippen LogP contribution in [0.1, 0.15) is 22.3 Å². The summed E-state index contributed by atoms with van der Waals surface area (Å²) in [6.07, 6.45) is 2.94. The number of aromatic nitrogens is 4. The van der Waals surface area contributed by atoms with Crippen molar-refractivity contribution in [1.82, 2.24) is 25.1 Å². The third-order valence-corrected chi connectivity index (χ3v) is 7.51. The second-order valence-corrected chi connectivity index (χ2v) is 10.2. The van der Waals surface area contributed by atoms with Crippen molar-refractivity contribution in [1.29, 1.82) is 0 Å². The third kappa shape index (κ3) is 5.34. The number of amides is 1. The van der Waals surface area contributed by atoms with E-state index in [1.807, 2.05) is 29.2 Å². The maximum Gasteiger partial charge on any atom is 0.255 e. The van der Waals surface area contributed by atoms with Gasteiger partial charge in [-0.25, -0.2) is 23.4 Å². The molecule has 1 atom stereocenters. The van der Waals surface area contributed by atoms with Gasteiger partial charge in [0.2, 0.25) is 0 Å². The van der Waals surface area contributed by atoms with E-state index in [-0.39, 0.29) is 29.6 Å². The minimum atomic E-state index is -0.539. The fourth-order valence-corrected chi connectivity index (χ4v) is 5.27. The number of nitrogens with two attached hydrogens (primary N) is 1. The number of rotatable bonds is 8. The first-order chi connectivity index (χ1) is 20.9. The Kier molecular flexibility index (Phi) is 7.41. The molecule has 3 aromatic carbocycles. The van der Waals surface area contributed by atoms with Gasteiger partial charge >= 0.3 is 0 Å². The Morgan fingerprint density at radius 1 is 1.12 bits per heavy atom. The molecule has 12 heteroatoms. The third-order valence-electron chi connectivity index (χ3n) is 7.51. The van der Waals surface area contributed by atoms with Crippen molar-refractivity contribution in [2.45, 2.75) is 13.0 Å². The summed E-state index contributed by atoms with van der Waals surface area (Å²) in [6.45, 7) is 1.28. The number of nitrogen functional groups attached to an aromatic ring is 1. The molecule has 3 heterocycles. The second kappa shape index (κ2) is 11.5. The van der Waals surface area contributed by atoms with Gasteiger partial charge in [-0.3, -0.25) is 4.79 Å². The molecule has 1 saturated heterocycles. The lowest BCUT2D eigenvalue weighted by Crippen LogP contribution is -2.23.